The largest absolute Gasteiger partial charge is 0.327 e. The van der Waals surface area contributed by atoms with E-state index < -0.39 is 0 Å². The van der Waals surface area contributed by atoms with Gasteiger partial charge >= 0.3 is 0 Å². The monoisotopic (exact) mass is 326 g/mol. The number of benzene rings is 1. The lowest BCUT2D eigenvalue weighted by Gasteiger charge is -2.10. The first-order chi connectivity index (χ1) is 9.58. The SMILES string of the molecule is CCC(N)Cc1ccc(Sc2ccc(Cl)cn2)c(Cl)c1. The van der Waals surface area contributed by atoms with Crippen molar-refractivity contribution >= 4 is 35.0 Å². The number of aromatic nitrogens is 1. The highest BCUT2D eigenvalue weighted by molar-refractivity contribution is 7.99. The van der Waals surface area contributed by atoms with Gasteiger partial charge in [-0.3, -0.25) is 0 Å². The maximum atomic E-state index is 6.32. The Morgan fingerprint density at radius 3 is 2.65 bits per heavy atom. The molecule has 106 valence electrons. The van der Waals surface area contributed by atoms with Crippen LogP contribution in [0.4, 0.5) is 0 Å². The quantitative estimate of drug-likeness (QED) is 0.856. The van der Waals surface area contributed by atoms with E-state index in [9.17, 15) is 0 Å². The van der Waals surface area contributed by atoms with Crippen LogP contribution in [-0.4, -0.2) is 11.0 Å². The lowest BCUT2D eigenvalue weighted by atomic mass is 10.1. The summed E-state index contributed by atoms with van der Waals surface area (Å²) in [6.07, 6.45) is 3.44. The summed E-state index contributed by atoms with van der Waals surface area (Å²) >= 11 is 13.7. The van der Waals surface area contributed by atoms with Gasteiger partial charge in [-0.1, -0.05) is 48.0 Å². The van der Waals surface area contributed by atoms with Crippen LogP contribution in [0, 0.1) is 0 Å². The molecule has 1 atom stereocenters. The molecule has 1 unspecified atom stereocenters. The van der Waals surface area contributed by atoms with Crippen LogP contribution in [0.25, 0.3) is 0 Å². The van der Waals surface area contributed by atoms with Gasteiger partial charge in [0.15, 0.2) is 0 Å². The second kappa shape index (κ2) is 7.32. The minimum absolute atomic E-state index is 0.183. The zero-order valence-corrected chi connectivity index (χ0v) is 13.5. The third-order valence-corrected chi connectivity index (χ3v) is 4.61. The molecule has 1 heterocycles. The van der Waals surface area contributed by atoms with Crippen molar-refractivity contribution in [1.82, 2.24) is 4.98 Å². The van der Waals surface area contributed by atoms with Gasteiger partial charge in [-0.2, -0.15) is 0 Å². The summed E-state index contributed by atoms with van der Waals surface area (Å²) in [4.78, 5) is 5.23. The van der Waals surface area contributed by atoms with Gasteiger partial charge in [0, 0.05) is 17.1 Å². The van der Waals surface area contributed by atoms with E-state index in [0.717, 1.165) is 33.3 Å². The van der Waals surface area contributed by atoms with Gasteiger partial charge < -0.3 is 5.73 Å². The van der Waals surface area contributed by atoms with E-state index >= 15 is 0 Å². The van der Waals surface area contributed by atoms with Crippen molar-refractivity contribution in [2.45, 2.75) is 35.7 Å². The summed E-state index contributed by atoms with van der Waals surface area (Å²) < 4.78 is 0. The summed E-state index contributed by atoms with van der Waals surface area (Å²) in [5.41, 5.74) is 7.12. The summed E-state index contributed by atoms with van der Waals surface area (Å²) in [6, 6.07) is 9.95. The molecule has 0 fully saturated rings. The molecule has 1 aromatic heterocycles. The van der Waals surface area contributed by atoms with Crippen LogP contribution in [0.1, 0.15) is 18.9 Å². The average molecular weight is 327 g/mol. The molecule has 1 aromatic carbocycles. The number of hydrogen-bond acceptors (Lipinski definition) is 3. The Hall–Kier alpha value is -0.740. The molecule has 0 saturated carbocycles. The van der Waals surface area contributed by atoms with Crippen molar-refractivity contribution in [1.29, 1.82) is 0 Å². The molecule has 2 rings (SSSR count). The Bertz CT molecular complexity index is 573. The van der Waals surface area contributed by atoms with Gasteiger partial charge in [-0.25, -0.2) is 4.98 Å². The number of rotatable bonds is 5. The number of pyridine rings is 1. The maximum Gasteiger partial charge on any atom is 0.101 e. The van der Waals surface area contributed by atoms with E-state index in [0.29, 0.717) is 5.02 Å². The second-order valence-electron chi connectivity index (χ2n) is 4.55. The van der Waals surface area contributed by atoms with E-state index in [1.807, 2.05) is 24.3 Å². The third kappa shape index (κ3) is 4.38. The van der Waals surface area contributed by atoms with Crippen LogP contribution in [-0.2, 0) is 6.42 Å². The maximum absolute atomic E-state index is 6.32. The summed E-state index contributed by atoms with van der Waals surface area (Å²) in [5.74, 6) is 0. The molecule has 0 bridgehead atoms. The normalized spacial score (nSPS) is 12.4. The molecule has 5 heteroatoms. The Balaban J connectivity index is 2.11. The summed E-state index contributed by atoms with van der Waals surface area (Å²) in [7, 11) is 0. The van der Waals surface area contributed by atoms with E-state index in [2.05, 4.69) is 18.0 Å². The molecule has 0 saturated heterocycles. The van der Waals surface area contributed by atoms with E-state index in [1.165, 1.54) is 11.8 Å². The molecule has 20 heavy (non-hydrogen) atoms. The molecule has 2 N–H and O–H groups in total. The van der Waals surface area contributed by atoms with Crippen LogP contribution >= 0.6 is 35.0 Å². The van der Waals surface area contributed by atoms with Crippen molar-refractivity contribution in [3.05, 3.63) is 52.1 Å². The predicted molar refractivity (Wildman–Crippen MR) is 86.8 cm³/mol. The Morgan fingerprint density at radius 1 is 1.25 bits per heavy atom. The topological polar surface area (TPSA) is 38.9 Å². The first-order valence-electron chi connectivity index (χ1n) is 6.42. The van der Waals surface area contributed by atoms with E-state index in [1.54, 1.807) is 6.20 Å². The summed E-state index contributed by atoms with van der Waals surface area (Å²) in [6.45, 7) is 2.09. The lowest BCUT2D eigenvalue weighted by Crippen LogP contribution is -2.21. The lowest BCUT2D eigenvalue weighted by molar-refractivity contribution is 0.646. The highest BCUT2D eigenvalue weighted by atomic mass is 35.5. The molecule has 2 nitrogen and oxygen atoms in total. The van der Waals surface area contributed by atoms with Gasteiger partial charge in [0.1, 0.15) is 5.03 Å². The zero-order chi connectivity index (χ0) is 14.5. The molecular weight excluding hydrogens is 311 g/mol. The van der Waals surface area contributed by atoms with E-state index in [-0.39, 0.29) is 6.04 Å². The Morgan fingerprint density at radius 2 is 2.05 bits per heavy atom. The first kappa shape index (κ1) is 15.6. The summed E-state index contributed by atoms with van der Waals surface area (Å²) in [5, 5.41) is 2.23. The number of nitrogens with zero attached hydrogens (tertiary/aromatic N) is 1. The standard InChI is InChI=1S/C15H16Cl2N2S/c1-2-12(18)7-10-3-5-14(13(17)8-10)20-15-6-4-11(16)9-19-15/h3-6,8-9,12H,2,7,18H2,1H3. The fraction of sp³-hybridized carbons (Fsp3) is 0.267. The highest BCUT2D eigenvalue weighted by Gasteiger charge is 2.07. The Labute approximate surface area is 133 Å². The van der Waals surface area contributed by atoms with Gasteiger partial charge in [-0.15, -0.1) is 0 Å². The Kier molecular flexibility index (Phi) is 5.73. The number of halogens is 2. The highest BCUT2D eigenvalue weighted by Crippen LogP contribution is 2.33. The fourth-order valence-corrected chi connectivity index (χ4v) is 2.93. The molecule has 0 aliphatic rings. The van der Waals surface area contributed by atoms with Crippen LogP contribution in [0.3, 0.4) is 0 Å². The molecule has 0 radical (unpaired) electrons. The van der Waals surface area contributed by atoms with E-state index in [4.69, 9.17) is 28.9 Å². The molecule has 2 aromatic rings. The van der Waals surface area contributed by atoms with Crippen LogP contribution in [0.5, 0.6) is 0 Å². The third-order valence-electron chi connectivity index (χ3n) is 2.93. The number of hydrogen-bond donors (Lipinski definition) is 1. The molecule has 0 aliphatic carbocycles. The van der Waals surface area contributed by atoms with Crippen molar-refractivity contribution in [3.8, 4) is 0 Å². The second-order valence-corrected chi connectivity index (χ2v) is 6.46. The van der Waals surface area contributed by atoms with Gasteiger partial charge in [0.05, 0.1) is 10.0 Å². The van der Waals surface area contributed by atoms with Crippen molar-refractivity contribution in [2.24, 2.45) is 5.73 Å². The predicted octanol–water partition coefficient (Wildman–Crippen LogP) is 4.82. The molecular formula is C15H16Cl2N2S. The van der Waals surface area contributed by atoms with Gasteiger partial charge in [0.2, 0.25) is 0 Å². The van der Waals surface area contributed by atoms with Gasteiger partial charge in [-0.05, 0) is 42.7 Å². The minimum Gasteiger partial charge on any atom is -0.327 e. The van der Waals surface area contributed by atoms with Crippen LogP contribution in [0.2, 0.25) is 10.0 Å². The molecule has 0 amide bonds. The first-order valence-corrected chi connectivity index (χ1v) is 7.99. The van der Waals surface area contributed by atoms with Crippen molar-refractivity contribution < 1.29 is 0 Å². The molecule has 0 aliphatic heterocycles. The van der Waals surface area contributed by atoms with Crippen LogP contribution < -0.4 is 5.73 Å². The van der Waals surface area contributed by atoms with Crippen molar-refractivity contribution in [2.75, 3.05) is 0 Å². The zero-order valence-electron chi connectivity index (χ0n) is 11.1. The van der Waals surface area contributed by atoms with Crippen LogP contribution in [0.15, 0.2) is 46.5 Å². The smallest absolute Gasteiger partial charge is 0.101 e. The van der Waals surface area contributed by atoms with Gasteiger partial charge in [0.25, 0.3) is 0 Å². The average Bonchev–Trinajstić information content (AvgIpc) is 2.44. The fourth-order valence-electron chi connectivity index (χ4n) is 1.74. The minimum atomic E-state index is 0.183. The molecule has 0 spiro atoms. The number of nitrogens with two attached hydrogens (primary N) is 1. The van der Waals surface area contributed by atoms with Crippen molar-refractivity contribution in [3.63, 3.8) is 0 Å².